The van der Waals surface area contributed by atoms with E-state index in [1.54, 1.807) is 24.3 Å². The summed E-state index contributed by atoms with van der Waals surface area (Å²) in [6.07, 6.45) is 3.34. The lowest BCUT2D eigenvalue weighted by Gasteiger charge is -2.04. The summed E-state index contributed by atoms with van der Waals surface area (Å²) < 4.78 is 5.39. The molecule has 1 aliphatic rings. The molecule has 5 nitrogen and oxygen atoms in total. The molecule has 1 heterocycles. The van der Waals surface area contributed by atoms with Gasteiger partial charge in [-0.3, -0.25) is 10.1 Å². The number of nitro benzene ring substituents is 1. The summed E-state index contributed by atoms with van der Waals surface area (Å²) in [5.74, 6) is 0.0560. The molecule has 0 spiro atoms. The molecule has 1 aliphatic heterocycles. The molecule has 3 aromatic rings. The van der Waals surface area contributed by atoms with Crippen LogP contribution in [-0.2, 0) is 9.53 Å². The first-order valence-corrected chi connectivity index (χ1v) is 7.99. The lowest BCUT2D eigenvalue weighted by Crippen LogP contribution is -1.97. The number of nitro groups is 1. The predicted molar refractivity (Wildman–Crippen MR) is 99.1 cm³/mol. The summed E-state index contributed by atoms with van der Waals surface area (Å²) in [6.45, 7) is 0. The number of ether oxygens (including phenoxy) is 1. The number of carbonyl (C=O) groups excluding carboxylic acids is 1. The van der Waals surface area contributed by atoms with E-state index in [1.165, 1.54) is 12.1 Å². The smallest absolute Gasteiger partial charge is 0.343 e. The Morgan fingerprint density at radius 3 is 2.38 bits per heavy atom. The Kier molecular flexibility index (Phi) is 3.82. The molecule has 0 bridgehead atoms. The number of hydrogen-bond donors (Lipinski definition) is 0. The Hall–Kier alpha value is -3.73. The van der Waals surface area contributed by atoms with Gasteiger partial charge in [0.2, 0.25) is 0 Å². The summed E-state index contributed by atoms with van der Waals surface area (Å²) in [4.78, 5) is 22.4. The van der Waals surface area contributed by atoms with Crippen LogP contribution in [0.25, 0.3) is 22.6 Å². The van der Waals surface area contributed by atoms with E-state index in [0.29, 0.717) is 16.9 Å². The minimum absolute atomic E-state index is 0.00791. The molecule has 4 rings (SSSR count). The van der Waals surface area contributed by atoms with Crippen molar-refractivity contribution in [2.75, 3.05) is 0 Å². The maximum absolute atomic E-state index is 12.2. The van der Waals surface area contributed by atoms with Crippen molar-refractivity contribution in [2.24, 2.45) is 0 Å². The topological polar surface area (TPSA) is 69.4 Å². The molecule has 0 saturated heterocycles. The summed E-state index contributed by atoms with van der Waals surface area (Å²) in [6, 6.07) is 19.8. The highest BCUT2D eigenvalue weighted by Gasteiger charge is 2.22. The fourth-order valence-corrected chi connectivity index (χ4v) is 2.85. The van der Waals surface area contributed by atoms with E-state index in [1.807, 2.05) is 42.5 Å². The maximum Gasteiger partial charge on any atom is 0.343 e. The van der Waals surface area contributed by atoms with Gasteiger partial charge < -0.3 is 4.74 Å². The van der Waals surface area contributed by atoms with Crippen molar-refractivity contribution < 1.29 is 14.5 Å². The zero-order chi connectivity index (χ0) is 18.1. The molecular weight excluding hydrogens is 330 g/mol. The third kappa shape index (κ3) is 2.98. The van der Waals surface area contributed by atoms with Crippen LogP contribution in [0.4, 0.5) is 5.69 Å². The first-order valence-electron chi connectivity index (χ1n) is 7.99. The molecule has 0 aromatic heterocycles. The summed E-state index contributed by atoms with van der Waals surface area (Å²) in [7, 11) is 0. The van der Waals surface area contributed by atoms with E-state index >= 15 is 0 Å². The summed E-state index contributed by atoms with van der Waals surface area (Å²) in [5, 5.41) is 12.9. The number of rotatable bonds is 3. The first-order chi connectivity index (χ1) is 12.6. The van der Waals surface area contributed by atoms with Crippen LogP contribution < -0.4 is 0 Å². The number of fused-ring (bicyclic) bond motifs is 1. The second-order valence-electron chi connectivity index (χ2n) is 5.91. The van der Waals surface area contributed by atoms with Gasteiger partial charge in [-0.2, -0.15) is 0 Å². The molecule has 0 amide bonds. The molecule has 3 aromatic carbocycles. The van der Waals surface area contributed by atoms with Crippen LogP contribution in [0.3, 0.4) is 0 Å². The number of nitrogens with zero attached hydrogens (tertiary/aromatic N) is 1. The van der Waals surface area contributed by atoms with Gasteiger partial charge in [-0.25, -0.2) is 4.79 Å². The number of hydrogen-bond acceptors (Lipinski definition) is 4. The van der Waals surface area contributed by atoms with Crippen molar-refractivity contribution in [3.05, 3.63) is 99.6 Å². The summed E-state index contributed by atoms with van der Waals surface area (Å²) >= 11 is 0. The quantitative estimate of drug-likeness (QED) is 0.298. The highest BCUT2D eigenvalue weighted by Crippen LogP contribution is 2.29. The lowest BCUT2D eigenvalue weighted by atomic mass is 10.1. The van der Waals surface area contributed by atoms with Crippen molar-refractivity contribution in [1.82, 2.24) is 0 Å². The van der Waals surface area contributed by atoms with E-state index in [4.69, 9.17) is 4.74 Å². The van der Waals surface area contributed by atoms with Crippen LogP contribution in [-0.4, -0.2) is 10.9 Å². The average molecular weight is 343 g/mol. The molecular formula is C21H13NO4. The van der Waals surface area contributed by atoms with E-state index in [0.717, 1.165) is 16.3 Å². The lowest BCUT2D eigenvalue weighted by molar-refractivity contribution is -0.384. The molecule has 0 radical (unpaired) electrons. The van der Waals surface area contributed by atoms with Crippen molar-refractivity contribution >= 4 is 34.3 Å². The second-order valence-corrected chi connectivity index (χ2v) is 5.91. The van der Waals surface area contributed by atoms with Crippen LogP contribution >= 0.6 is 0 Å². The maximum atomic E-state index is 12.2. The highest BCUT2D eigenvalue weighted by molar-refractivity contribution is 6.05. The van der Waals surface area contributed by atoms with Crippen LogP contribution in [0.2, 0.25) is 0 Å². The Labute approximate surface area is 149 Å². The Morgan fingerprint density at radius 2 is 1.65 bits per heavy atom. The van der Waals surface area contributed by atoms with Gasteiger partial charge >= 0.3 is 5.97 Å². The van der Waals surface area contributed by atoms with Crippen molar-refractivity contribution in [3.63, 3.8) is 0 Å². The first kappa shape index (κ1) is 15.8. The standard InChI is InChI=1S/C21H13NO4/c23-21-18(11-14-5-9-19(10-6-14)22(24)25)13-20(26-21)17-8-7-15-3-1-2-4-16(15)12-17/h1-13H/b18-11-. The monoisotopic (exact) mass is 343 g/mol. The Morgan fingerprint density at radius 1 is 0.923 bits per heavy atom. The largest absolute Gasteiger partial charge is 0.422 e. The number of carbonyl (C=O) groups is 1. The van der Waals surface area contributed by atoms with E-state index < -0.39 is 10.9 Å². The van der Waals surface area contributed by atoms with Gasteiger partial charge in [0.05, 0.1) is 10.5 Å². The Bertz CT molecular complexity index is 1090. The minimum Gasteiger partial charge on any atom is -0.422 e. The summed E-state index contributed by atoms with van der Waals surface area (Å²) in [5.41, 5.74) is 1.93. The molecule has 126 valence electrons. The normalized spacial score (nSPS) is 15.2. The third-order valence-electron chi connectivity index (χ3n) is 4.19. The number of non-ortho nitro benzene ring substituents is 1. The van der Waals surface area contributed by atoms with E-state index in [-0.39, 0.29) is 5.69 Å². The second kappa shape index (κ2) is 6.29. The zero-order valence-electron chi connectivity index (χ0n) is 13.6. The minimum atomic E-state index is -0.460. The van der Waals surface area contributed by atoms with Gasteiger partial charge in [0.1, 0.15) is 5.76 Å². The molecule has 0 saturated carbocycles. The van der Waals surface area contributed by atoms with Gasteiger partial charge in [-0.15, -0.1) is 0 Å². The number of esters is 1. The molecule has 0 unspecified atom stereocenters. The third-order valence-corrected chi connectivity index (χ3v) is 4.19. The molecule has 5 heteroatoms. The average Bonchev–Trinajstić information content (AvgIpc) is 3.02. The van der Waals surface area contributed by atoms with Gasteiger partial charge in [0.15, 0.2) is 0 Å². The van der Waals surface area contributed by atoms with Crippen LogP contribution in [0.15, 0.2) is 78.4 Å². The number of cyclic esters (lactones) is 1. The van der Waals surface area contributed by atoms with Gasteiger partial charge in [-0.05, 0) is 46.7 Å². The van der Waals surface area contributed by atoms with Crippen LogP contribution in [0.5, 0.6) is 0 Å². The molecule has 0 fully saturated rings. The van der Waals surface area contributed by atoms with Crippen molar-refractivity contribution in [1.29, 1.82) is 0 Å². The van der Waals surface area contributed by atoms with E-state index in [2.05, 4.69) is 0 Å². The van der Waals surface area contributed by atoms with Crippen molar-refractivity contribution in [2.45, 2.75) is 0 Å². The molecule has 26 heavy (non-hydrogen) atoms. The fraction of sp³-hybridized carbons (Fsp3) is 0. The molecule has 0 aliphatic carbocycles. The van der Waals surface area contributed by atoms with Crippen LogP contribution in [0.1, 0.15) is 11.1 Å². The SMILES string of the molecule is O=C1OC(c2ccc3ccccc3c2)=C/C1=C/c1ccc([N+](=O)[O-])cc1. The Balaban J connectivity index is 1.66. The van der Waals surface area contributed by atoms with Gasteiger partial charge in [0, 0.05) is 17.7 Å². The molecule has 0 N–H and O–H groups in total. The fourth-order valence-electron chi connectivity index (χ4n) is 2.85. The predicted octanol–water partition coefficient (Wildman–Crippen LogP) is 4.73. The molecule has 0 atom stereocenters. The van der Waals surface area contributed by atoms with Gasteiger partial charge in [-0.1, -0.05) is 36.4 Å². The zero-order valence-corrected chi connectivity index (χ0v) is 13.6. The highest BCUT2D eigenvalue weighted by atomic mass is 16.6. The van der Waals surface area contributed by atoms with Gasteiger partial charge in [0.25, 0.3) is 5.69 Å². The van der Waals surface area contributed by atoms with E-state index in [9.17, 15) is 14.9 Å². The van der Waals surface area contributed by atoms with Crippen molar-refractivity contribution in [3.8, 4) is 0 Å². The van der Waals surface area contributed by atoms with Crippen LogP contribution in [0, 0.1) is 10.1 Å². The number of benzene rings is 3.